The average molecular weight is 401 g/mol. The maximum Gasteiger partial charge on any atom is 0.164 e. The molecule has 0 aromatic heterocycles. The van der Waals surface area contributed by atoms with Crippen molar-refractivity contribution in [3.63, 3.8) is 0 Å². The number of hydrogen-bond acceptors (Lipinski definition) is 5. The second-order valence-corrected chi connectivity index (χ2v) is 10.9. The molecule has 1 fully saturated rings. The molecule has 27 heavy (non-hydrogen) atoms. The van der Waals surface area contributed by atoms with Gasteiger partial charge in [-0.2, -0.15) is 0 Å². The molecule has 2 unspecified atom stereocenters. The third-order valence-electron chi connectivity index (χ3n) is 5.14. The van der Waals surface area contributed by atoms with Crippen molar-refractivity contribution >= 4 is 32.5 Å². The van der Waals surface area contributed by atoms with E-state index in [1.165, 1.54) is 22.3 Å². The van der Waals surface area contributed by atoms with Gasteiger partial charge in [0.05, 0.1) is 24.1 Å². The van der Waals surface area contributed by atoms with Gasteiger partial charge in [0.1, 0.15) is 0 Å². The number of amidine groups is 1. The summed E-state index contributed by atoms with van der Waals surface area (Å²) in [5.74, 6) is 0.416. The third-order valence-corrected chi connectivity index (χ3v) is 8.39. The molecule has 0 bridgehead atoms. The molecular weight excluding hydrogens is 376 g/mol. The molecule has 2 aromatic rings. The van der Waals surface area contributed by atoms with Gasteiger partial charge in [0, 0.05) is 10.9 Å². The predicted molar refractivity (Wildman–Crippen MR) is 115 cm³/mol. The van der Waals surface area contributed by atoms with Gasteiger partial charge in [-0.15, -0.1) is 0 Å². The largest absolute Gasteiger partial charge is 0.317 e. The Morgan fingerprint density at radius 3 is 2.44 bits per heavy atom. The molecule has 0 radical (unpaired) electrons. The molecule has 2 aliphatic rings. The van der Waals surface area contributed by atoms with Crippen LogP contribution in [-0.4, -0.2) is 36.4 Å². The Hall–Kier alpha value is -1.79. The molecule has 6 heteroatoms. The first kappa shape index (κ1) is 18.6. The predicted octanol–water partition coefficient (Wildman–Crippen LogP) is 3.89. The summed E-state index contributed by atoms with van der Waals surface area (Å²) in [5.41, 5.74) is 6.05. The fourth-order valence-corrected chi connectivity index (χ4v) is 7.58. The van der Waals surface area contributed by atoms with Crippen LogP contribution < -0.4 is 4.90 Å². The Balaban J connectivity index is 1.72. The fourth-order valence-electron chi connectivity index (χ4n) is 3.80. The summed E-state index contributed by atoms with van der Waals surface area (Å²) in [6.07, 6.45) is 0. The third kappa shape index (κ3) is 3.92. The van der Waals surface area contributed by atoms with Crippen molar-refractivity contribution in [1.82, 2.24) is 0 Å². The van der Waals surface area contributed by atoms with E-state index < -0.39 is 9.84 Å². The number of fused-ring (bicyclic) bond motifs is 1. The summed E-state index contributed by atoms with van der Waals surface area (Å²) in [4.78, 5) is 7.08. The molecule has 2 aliphatic heterocycles. The minimum atomic E-state index is -2.94. The SMILES string of the molecule is Cc1cc(C)cc(N(Cc2ccccc2C)C2=NC3CS(=O)(=O)CC3S2)c1. The van der Waals surface area contributed by atoms with E-state index in [0.29, 0.717) is 0 Å². The van der Waals surface area contributed by atoms with Crippen molar-refractivity contribution in [2.24, 2.45) is 4.99 Å². The molecule has 2 heterocycles. The quantitative estimate of drug-likeness (QED) is 0.784. The van der Waals surface area contributed by atoms with Crippen molar-refractivity contribution in [2.75, 3.05) is 16.4 Å². The number of sulfone groups is 1. The molecule has 2 aromatic carbocycles. The number of anilines is 1. The number of aliphatic imine (C=N–C) groups is 1. The lowest BCUT2D eigenvalue weighted by Crippen LogP contribution is -2.28. The smallest absolute Gasteiger partial charge is 0.164 e. The first-order valence-corrected chi connectivity index (χ1v) is 11.9. The number of hydrogen-bond donors (Lipinski definition) is 0. The Kier molecular flexibility index (Phi) is 4.80. The molecule has 0 saturated carbocycles. The van der Waals surface area contributed by atoms with Crippen molar-refractivity contribution in [2.45, 2.75) is 38.6 Å². The highest BCUT2D eigenvalue weighted by Gasteiger charge is 2.44. The van der Waals surface area contributed by atoms with Crippen LogP contribution in [0.5, 0.6) is 0 Å². The standard InChI is InChI=1S/C21H24N2O2S2/c1-14-8-15(2)10-18(9-14)23(11-17-7-5-4-6-16(17)3)21-22-19-12-27(24,25)13-20(19)26-21/h4-10,19-20H,11-13H2,1-3H3. The maximum atomic E-state index is 11.9. The second kappa shape index (κ2) is 6.99. The molecule has 4 nitrogen and oxygen atoms in total. The van der Waals surface area contributed by atoms with Crippen LogP contribution in [0.25, 0.3) is 0 Å². The van der Waals surface area contributed by atoms with Gasteiger partial charge >= 0.3 is 0 Å². The monoisotopic (exact) mass is 400 g/mol. The van der Waals surface area contributed by atoms with E-state index >= 15 is 0 Å². The summed E-state index contributed by atoms with van der Waals surface area (Å²) < 4.78 is 23.8. The maximum absolute atomic E-state index is 11.9. The zero-order valence-corrected chi connectivity index (χ0v) is 17.5. The van der Waals surface area contributed by atoms with Gasteiger partial charge in [0.25, 0.3) is 0 Å². The van der Waals surface area contributed by atoms with Gasteiger partial charge in [-0.25, -0.2) is 8.42 Å². The van der Waals surface area contributed by atoms with Gasteiger partial charge in [0.2, 0.25) is 0 Å². The van der Waals surface area contributed by atoms with Crippen LogP contribution in [-0.2, 0) is 16.4 Å². The van der Waals surface area contributed by atoms with Crippen LogP contribution in [0.15, 0.2) is 47.5 Å². The van der Waals surface area contributed by atoms with E-state index in [1.807, 2.05) is 0 Å². The molecule has 0 spiro atoms. The molecule has 2 atom stereocenters. The summed E-state index contributed by atoms with van der Waals surface area (Å²) in [6, 6.07) is 14.8. The molecule has 0 N–H and O–H groups in total. The minimum Gasteiger partial charge on any atom is -0.317 e. The zero-order valence-electron chi connectivity index (χ0n) is 15.8. The lowest BCUT2D eigenvalue weighted by atomic mass is 10.1. The van der Waals surface area contributed by atoms with Crippen LogP contribution in [0.1, 0.15) is 22.3 Å². The molecule has 0 aliphatic carbocycles. The van der Waals surface area contributed by atoms with Crippen molar-refractivity contribution < 1.29 is 8.42 Å². The topological polar surface area (TPSA) is 49.7 Å². The Bertz CT molecular complexity index is 994. The van der Waals surface area contributed by atoms with E-state index in [-0.39, 0.29) is 22.8 Å². The Labute approximate surface area is 165 Å². The average Bonchev–Trinajstić information content (AvgIpc) is 3.06. The first-order chi connectivity index (χ1) is 12.8. The summed E-state index contributed by atoms with van der Waals surface area (Å²) in [5, 5.41) is 0.989. The van der Waals surface area contributed by atoms with E-state index in [2.05, 4.69) is 68.1 Å². The highest BCUT2D eigenvalue weighted by Crippen LogP contribution is 2.37. The van der Waals surface area contributed by atoms with Crippen LogP contribution >= 0.6 is 11.8 Å². The number of rotatable bonds is 3. The molecule has 1 saturated heterocycles. The number of thioether (sulfide) groups is 1. The normalized spacial score (nSPS) is 23.1. The highest BCUT2D eigenvalue weighted by molar-refractivity contribution is 8.15. The fraction of sp³-hybridized carbons (Fsp3) is 0.381. The van der Waals surface area contributed by atoms with Crippen molar-refractivity contribution in [1.29, 1.82) is 0 Å². The lowest BCUT2D eigenvalue weighted by Gasteiger charge is -2.26. The van der Waals surface area contributed by atoms with Crippen molar-refractivity contribution in [3.8, 4) is 0 Å². The molecule has 4 rings (SSSR count). The molecule has 0 amide bonds. The van der Waals surface area contributed by atoms with Crippen LogP contribution in [0.2, 0.25) is 0 Å². The van der Waals surface area contributed by atoms with Crippen LogP contribution in [0, 0.1) is 20.8 Å². The van der Waals surface area contributed by atoms with E-state index in [4.69, 9.17) is 4.99 Å². The zero-order chi connectivity index (χ0) is 19.2. The van der Waals surface area contributed by atoms with Gasteiger partial charge in [0.15, 0.2) is 15.0 Å². The number of aryl methyl sites for hydroxylation is 3. The van der Waals surface area contributed by atoms with E-state index in [0.717, 1.165) is 17.4 Å². The second-order valence-electron chi connectivity index (χ2n) is 7.57. The number of benzene rings is 2. The van der Waals surface area contributed by atoms with E-state index in [9.17, 15) is 8.42 Å². The lowest BCUT2D eigenvalue weighted by molar-refractivity contribution is 0.601. The van der Waals surface area contributed by atoms with Gasteiger partial charge in [-0.1, -0.05) is 42.1 Å². The minimum absolute atomic E-state index is 0.0512. The van der Waals surface area contributed by atoms with Gasteiger partial charge < -0.3 is 4.90 Å². The summed E-state index contributed by atoms with van der Waals surface area (Å²) in [7, 11) is -2.94. The first-order valence-electron chi connectivity index (χ1n) is 9.16. The molecule has 142 valence electrons. The summed E-state index contributed by atoms with van der Waals surface area (Å²) >= 11 is 1.62. The van der Waals surface area contributed by atoms with Crippen LogP contribution in [0.4, 0.5) is 5.69 Å². The van der Waals surface area contributed by atoms with Crippen molar-refractivity contribution in [3.05, 3.63) is 64.7 Å². The van der Waals surface area contributed by atoms with E-state index in [1.54, 1.807) is 11.8 Å². The Morgan fingerprint density at radius 2 is 1.78 bits per heavy atom. The van der Waals surface area contributed by atoms with Gasteiger partial charge in [-0.3, -0.25) is 4.99 Å². The highest BCUT2D eigenvalue weighted by atomic mass is 32.2. The number of nitrogens with zero attached hydrogens (tertiary/aromatic N) is 2. The van der Waals surface area contributed by atoms with Crippen LogP contribution in [0.3, 0.4) is 0 Å². The van der Waals surface area contributed by atoms with Gasteiger partial charge in [-0.05, 0) is 55.2 Å². The summed E-state index contributed by atoms with van der Waals surface area (Å²) in [6.45, 7) is 7.06. The molecular formula is C21H24N2O2S2. The Morgan fingerprint density at radius 1 is 1.07 bits per heavy atom.